The van der Waals surface area contributed by atoms with Crippen LogP contribution >= 0.6 is 0 Å². The molecule has 1 aliphatic rings. The number of nitrogens with one attached hydrogen (secondary N) is 1. The highest BCUT2D eigenvalue weighted by Crippen LogP contribution is 2.08. The second kappa shape index (κ2) is 5.61. The highest BCUT2D eigenvalue weighted by Gasteiger charge is 2.16. The van der Waals surface area contributed by atoms with E-state index in [1.165, 1.54) is 0 Å². The maximum absolute atomic E-state index is 11.7. The zero-order valence-electron chi connectivity index (χ0n) is 10.1. The minimum absolute atomic E-state index is 0.224. The van der Waals surface area contributed by atoms with Gasteiger partial charge in [0, 0.05) is 38.4 Å². The van der Waals surface area contributed by atoms with Crippen molar-refractivity contribution < 1.29 is 4.79 Å². The predicted octanol–water partition coefficient (Wildman–Crippen LogP) is 1.21. The Morgan fingerprint density at radius 1 is 1.35 bits per heavy atom. The van der Waals surface area contributed by atoms with Gasteiger partial charge in [-0.05, 0) is 25.3 Å². The van der Waals surface area contributed by atoms with Gasteiger partial charge in [-0.25, -0.2) is 9.97 Å². The highest BCUT2D eigenvalue weighted by molar-refractivity contribution is 5.76. The van der Waals surface area contributed by atoms with E-state index in [4.69, 9.17) is 0 Å². The van der Waals surface area contributed by atoms with E-state index in [0.29, 0.717) is 18.9 Å². The number of carbonyl (C=O) groups excluding carboxylic acids is 1. The lowest BCUT2D eigenvalue weighted by molar-refractivity contribution is -0.129. The molecule has 0 radical (unpaired) electrons. The van der Waals surface area contributed by atoms with Gasteiger partial charge in [0.1, 0.15) is 0 Å². The van der Waals surface area contributed by atoms with Crippen molar-refractivity contribution in [1.82, 2.24) is 14.9 Å². The molecule has 1 aliphatic heterocycles. The molecule has 0 bridgehead atoms. The predicted molar refractivity (Wildman–Crippen MR) is 65.7 cm³/mol. The first-order chi connectivity index (χ1) is 8.25. The van der Waals surface area contributed by atoms with Gasteiger partial charge in [0.15, 0.2) is 0 Å². The molecule has 1 N–H and O–H groups in total. The Labute approximate surface area is 101 Å². The van der Waals surface area contributed by atoms with Crippen molar-refractivity contribution in [2.24, 2.45) is 0 Å². The van der Waals surface area contributed by atoms with Crippen LogP contribution in [0.4, 0.5) is 5.95 Å². The summed E-state index contributed by atoms with van der Waals surface area (Å²) >= 11 is 0. The normalized spacial score (nSPS) is 15.0. The lowest BCUT2D eigenvalue weighted by Gasteiger charge is -2.15. The Morgan fingerprint density at radius 2 is 2.00 bits per heavy atom. The first-order valence-electron chi connectivity index (χ1n) is 6.06. The van der Waals surface area contributed by atoms with Gasteiger partial charge in [-0.2, -0.15) is 0 Å². The Kier molecular flexibility index (Phi) is 3.90. The highest BCUT2D eigenvalue weighted by atomic mass is 16.2. The number of nitrogens with zero attached hydrogens (tertiary/aromatic N) is 3. The van der Waals surface area contributed by atoms with Crippen LogP contribution < -0.4 is 5.32 Å². The second-order valence-corrected chi connectivity index (χ2v) is 4.35. The van der Waals surface area contributed by atoms with Crippen LogP contribution in [0.2, 0.25) is 0 Å². The molecule has 2 heterocycles. The minimum Gasteiger partial charge on any atom is -0.354 e. The quantitative estimate of drug-likeness (QED) is 0.850. The summed E-state index contributed by atoms with van der Waals surface area (Å²) in [5.41, 5.74) is 1.03. The molecule has 0 saturated carbocycles. The van der Waals surface area contributed by atoms with Gasteiger partial charge in [-0.3, -0.25) is 4.79 Å². The molecule has 0 unspecified atom stereocenters. The van der Waals surface area contributed by atoms with E-state index in [1.807, 2.05) is 11.8 Å². The number of amides is 1. The number of carbonyl (C=O) groups is 1. The fourth-order valence-corrected chi connectivity index (χ4v) is 1.89. The number of anilines is 1. The zero-order valence-corrected chi connectivity index (χ0v) is 10.1. The van der Waals surface area contributed by atoms with Gasteiger partial charge in [-0.1, -0.05) is 0 Å². The van der Waals surface area contributed by atoms with Gasteiger partial charge in [0.25, 0.3) is 0 Å². The molecule has 1 fully saturated rings. The van der Waals surface area contributed by atoms with Crippen LogP contribution in [0.3, 0.4) is 0 Å². The number of aryl methyl sites for hydroxylation is 1. The Hall–Kier alpha value is -1.65. The van der Waals surface area contributed by atoms with Crippen molar-refractivity contribution in [1.29, 1.82) is 0 Å². The number of aromatic nitrogens is 2. The first-order valence-corrected chi connectivity index (χ1v) is 6.06. The van der Waals surface area contributed by atoms with Crippen LogP contribution in [0.5, 0.6) is 0 Å². The Morgan fingerprint density at radius 3 is 2.65 bits per heavy atom. The molecule has 1 saturated heterocycles. The summed E-state index contributed by atoms with van der Waals surface area (Å²) in [6, 6.07) is 0. The van der Waals surface area contributed by atoms with Crippen LogP contribution in [0.1, 0.15) is 24.8 Å². The average Bonchev–Trinajstić information content (AvgIpc) is 2.85. The minimum atomic E-state index is 0.224. The van der Waals surface area contributed by atoms with Crippen LogP contribution in [-0.4, -0.2) is 40.4 Å². The molecule has 1 amide bonds. The molecular weight excluding hydrogens is 216 g/mol. The summed E-state index contributed by atoms with van der Waals surface area (Å²) in [5.74, 6) is 0.812. The molecule has 1 aromatic heterocycles. The van der Waals surface area contributed by atoms with Crippen LogP contribution in [0, 0.1) is 6.92 Å². The van der Waals surface area contributed by atoms with Crippen LogP contribution in [0.25, 0.3) is 0 Å². The number of hydrogen-bond acceptors (Lipinski definition) is 4. The van der Waals surface area contributed by atoms with Crippen molar-refractivity contribution >= 4 is 11.9 Å². The number of rotatable bonds is 4. The van der Waals surface area contributed by atoms with Crippen molar-refractivity contribution in [3.8, 4) is 0 Å². The third-order valence-corrected chi connectivity index (χ3v) is 2.86. The molecule has 5 nitrogen and oxygen atoms in total. The van der Waals surface area contributed by atoms with Gasteiger partial charge >= 0.3 is 0 Å². The number of likely N-dealkylation sites (tertiary alicyclic amines) is 1. The second-order valence-electron chi connectivity index (χ2n) is 4.35. The first kappa shape index (κ1) is 11.8. The molecule has 0 spiro atoms. The zero-order chi connectivity index (χ0) is 12.1. The monoisotopic (exact) mass is 234 g/mol. The van der Waals surface area contributed by atoms with E-state index in [9.17, 15) is 4.79 Å². The summed E-state index contributed by atoms with van der Waals surface area (Å²) in [7, 11) is 0. The van der Waals surface area contributed by atoms with E-state index >= 15 is 0 Å². The molecule has 5 heteroatoms. The van der Waals surface area contributed by atoms with E-state index < -0.39 is 0 Å². The standard InChI is InChI=1S/C12H18N4O/c1-10-8-14-12(15-9-10)13-5-4-11(17)16-6-2-3-7-16/h8-9H,2-7H2,1H3,(H,13,14,15). The fraction of sp³-hybridized carbons (Fsp3) is 0.583. The van der Waals surface area contributed by atoms with Crippen molar-refractivity contribution in [3.05, 3.63) is 18.0 Å². The van der Waals surface area contributed by atoms with E-state index in [0.717, 1.165) is 31.5 Å². The molecule has 92 valence electrons. The molecular formula is C12H18N4O. The van der Waals surface area contributed by atoms with Gasteiger partial charge in [0.05, 0.1) is 0 Å². The molecule has 0 atom stereocenters. The van der Waals surface area contributed by atoms with E-state index in [1.54, 1.807) is 12.4 Å². The Balaban J connectivity index is 1.72. The topological polar surface area (TPSA) is 58.1 Å². The molecule has 0 aliphatic carbocycles. The molecule has 17 heavy (non-hydrogen) atoms. The Bertz CT molecular complexity index is 371. The summed E-state index contributed by atoms with van der Waals surface area (Å²) in [5, 5.41) is 3.06. The van der Waals surface area contributed by atoms with Gasteiger partial charge in [0.2, 0.25) is 11.9 Å². The average molecular weight is 234 g/mol. The smallest absolute Gasteiger partial charge is 0.224 e. The summed E-state index contributed by atoms with van der Waals surface area (Å²) in [4.78, 5) is 21.9. The van der Waals surface area contributed by atoms with E-state index in [2.05, 4.69) is 15.3 Å². The van der Waals surface area contributed by atoms with Crippen LogP contribution in [-0.2, 0) is 4.79 Å². The number of hydrogen-bond donors (Lipinski definition) is 1. The lowest BCUT2D eigenvalue weighted by atomic mass is 10.3. The summed E-state index contributed by atoms with van der Waals surface area (Å²) < 4.78 is 0. The van der Waals surface area contributed by atoms with E-state index in [-0.39, 0.29) is 5.91 Å². The largest absolute Gasteiger partial charge is 0.354 e. The van der Waals surface area contributed by atoms with Gasteiger partial charge in [-0.15, -0.1) is 0 Å². The van der Waals surface area contributed by atoms with Crippen molar-refractivity contribution in [2.75, 3.05) is 25.0 Å². The van der Waals surface area contributed by atoms with Gasteiger partial charge < -0.3 is 10.2 Å². The molecule has 1 aromatic rings. The van der Waals surface area contributed by atoms with Crippen molar-refractivity contribution in [3.63, 3.8) is 0 Å². The molecule has 2 rings (SSSR count). The lowest BCUT2D eigenvalue weighted by Crippen LogP contribution is -2.29. The molecule has 0 aromatic carbocycles. The SMILES string of the molecule is Cc1cnc(NCCC(=O)N2CCCC2)nc1. The van der Waals surface area contributed by atoms with Crippen molar-refractivity contribution in [2.45, 2.75) is 26.2 Å². The van der Waals surface area contributed by atoms with Crippen LogP contribution in [0.15, 0.2) is 12.4 Å². The third-order valence-electron chi connectivity index (χ3n) is 2.86. The summed E-state index contributed by atoms with van der Waals surface area (Å²) in [6.07, 6.45) is 6.31. The fourth-order valence-electron chi connectivity index (χ4n) is 1.89. The maximum atomic E-state index is 11.7. The maximum Gasteiger partial charge on any atom is 0.224 e. The third kappa shape index (κ3) is 3.41. The summed E-state index contributed by atoms with van der Waals surface area (Å²) in [6.45, 7) is 4.37.